The van der Waals surface area contributed by atoms with Crippen molar-refractivity contribution in [1.29, 1.82) is 0 Å². The zero-order valence-corrected chi connectivity index (χ0v) is 12.9. The van der Waals surface area contributed by atoms with Gasteiger partial charge in [-0.1, -0.05) is 12.1 Å². The number of amides is 1. The minimum atomic E-state index is -0.821. The maximum Gasteiger partial charge on any atom is 0.277 e. The minimum Gasteiger partial charge on any atom is -0.496 e. The van der Waals surface area contributed by atoms with E-state index in [2.05, 4.69) is 10.5 Å². The first-order valence-corrected chi connectivity index (χ1v) is 6.82. The molecule has 0 fully saturated rings. The van der Waals surface area contributed by atoms with Crippen LogP contribution in [0.5, 0.6) is 5.75 Å². The van der Waals surface area contributed by atoms with Gasteiger partial charge < -0.3 is 4.74 Å². The van der Waals surface area contributed by atoms with E-state index in [9.17, 15) is 25.0 Å². The molecule has 0 spiro atoms. The molecule has 128 valence electrons. The molecule has 1 N–H and O–H groups in total. The van der Waals surface area contributed by atoms with Gasteiger partial charge >= 0.3 is 0 Å². The molecule has 2 aromatic rings. The number of rotatable bonds is 6. The number of hydrogen-bond acceptors (Lipinski definition) is 7. The topological polar surface area (TPSA) is 137 Å². The zero-order chi connectivity index (χ0) is 18.4. The van der Waals surface area contributed by atoms with E-state index in [4.69, 9.17) is 4.74 Å². The number of methoxy groups -OCH3 is 1. The lowest BCUT2D eigenvalue weighted by molar-refractivity contribution is -0.394. The fraction of sp³-hybridized carbons (Fsp3) is 0.0667. The quantitative estimate of drug-likeness (QED) is 0.485. The molecule has 10 heteroatoms. The van der Waals surface area contributed by atoms with E-state index in [0.29, 0.717) is 11.3 Å². The Bertz CT molecular complexity index is 833. The fourth-order valence-electron chi connectivity index (χ4n) is 1.94. The zero-order valence-electron chi connectivity index (χ0n) is 12.9. The molecular weight excluding hydrogens is 332 g/mol. The number of nitro groups is 2. The molecule has 2 aromatic carbocycles. The van der Waals surface area contributed by atoms with Gasteiger partial charge in [0.1, 0.15) is 5.75 Å². The normalized spacial score (nSPS) is 10.4. The number of para-hydroxylation sites is 1. The van der Waals surface area contributed by atoms with Crippen LogP contribution >= 0.6 is 0 Å². The third-order valence-electron chi connectivity index (χ3n) is 3.10. The van der Waals surface area contributed by atoms with Crippen molar-refractivity contribution in [1.82, 2.24) is 5.43 Å². The number of hydrazone groups is 1. The van der Waals surface area contributed by atoms with Crippen LogP contribution in [0.1, 0.15) is 15.9 Å². The second kappa shape index (κ2) is 7.64. The molecule has 0 unspecified atom stereocenters. The molecule has 10 nitrogen and oxygen atoms in total. The summed E-state index contributed by atoms with van der Waals surface area (Å²) < 4.78 is 5.12. The van der Waals surface area contributed by atoms with E-state index in [1.807, 2.05) is 0 Å². The van der Waals surface area contributed by atoms with Crippen molar-refractivity contribution >= 4 is 23.5 Å². The summed E-state index contributed by atoms with van der Waals surface area (Å²) in [6, 6.07) is 9.54. The average Bonchev–Trinajstić information content (AvgIpc) is 2.61. The second-order valence-corrected chi connectivity index (χ2v) is 4.69. The molecule has 0 saturated heterocycles. The van der Waals surface area contributed by atoms with Crippen LogP contribution in [0.4, 0.5) is 11.4 Å². The summed E-state index contributed by atoms with van der Waals surface area (Å²) >= 11 is 0. The Balaban J connectivity index is 2.22. The lowest BCUT2D eigenvalue weighted by Gasteiger charge is -2.03. The third kappa shape index (κ3) is 4.34. The van der Waals surface area contributed by atoms with Gasteiger partial charge in [0, 0.05) is 17.7 Å². The second-order valence-electron chi connectivity index (χ2n) is 4.69. The summed E-state index contributed by atoms with van der Waals surface area (Å²) in [5, 5.41) is 25.4. The van der Waals surface area contributed by atoms with Gasteiger partial charge in [-0.05, 0) is 12.1 Å². The Hall–Kier alpha value is -3.82. The molecule has 0 aromatic heterocycles. The Morgan fingerprint density at radius 3 is 2.28 bits per heavy atom. The number of hydrogen-bond donors (Lipinski definition) is 1. The van der Waals surface area contributed by atoms with Crippen molar-refractivity contribution in [3.05, 3.63) is 73.8 Å². The van der Waals surface area contributed by atoms with Crippen molar-refractivity contribution in [3.63, 3.8) is 0 Å². The molecule has 0 saturated carbocycles. The molecule has 0 aliphatic rings. The van der Waals surface area contributed by atoms with Crippen LogP contribution < -0.4 is 10.2 Å². The number of ether oxygens (including phenoxy) is 1. The predicted molar refractivity (Wildman–Crippen MR) is 87.8 cm³/mol. The van der Waals surface area contributed by atoms with E-state index in [0.717, 1.165) is 18.2 Å². The molecule has 0 aliphatic carbocycles. The van der Waals surface area contributed by atoms with Gasteiger partial charge in [0.05, 0.1) is 34.8 Å². The molecule has 0 bridgehead atoms. The largest absolute Gasteiger partial charge is 0.496 e. The molecule has 0 radical (unpaired) electrons. The highest BCUT2D eigenvalue weighted by Gasteiger charge is 2.19. The van der Waals surface area contributed by atoms with E-state index >= 15 is 0 Å². The van der Waals surface area contributed by atoms with E-state index in [-0.39, 0.29) is 5.56 Å². The third-order valence-corrected chi connectivity index (χ3v) is 3.10. The molecule has 0 heterocycles. The van der Waals surface area contributed by atoms with Gasteiger partial charge in [0.25, 0.3) is 17.3 Å². The highest BCUT2D eigenvalue weighted by Crippen LogP contribution is 2.22. The molecule has 25 heavy (non-hydrogen) atoms. The number of carbonyl (C=O) groups excluding carboxylic acids is 1. The summed E-state index contributed by atoms with van der Waals surface area (Å²) in [6.45, 7) is 0. The first kappa shape index (κ1) is 17.5. The molecule has 0 atom stereocenters. The van der Waals surface area contributed by atoms with Crippen LogP contribution in [0.15, 0.2) is 47.6 Å². The Labute approximate surface area is 141 Å². The van der Waals surface area contributed by atoms with E-state index < -0.39 is 27.1 Å². The van der Waals surface area contributed by atoms with E-state index in [1.54, 1.807) is 24.3 Å². The first-order valence-electron chi connectivity index (χ1n) is 6.82. The van der Waals surface area contributed by atoms with E-state index in [1.165, 1.54) is 13.3 Å². The summed E-state index contributed by atoms with van der Waals surface area (Å²) in [7, 11) is 1.48. The summed E-state index contributed by atoms with van der Waals surface area (Å²) in [6.07, 6.45) is 1.32. The Morgan fingerprint density at radius 2 is 1.72 bits per heavy atom. The van der Waals surface area contributed by atoms with Crippen molar-refractivity contribution in [2.75, 3.05) is 7.11 Å². The molecule has 1 amide bonds. The van der Waals surface area contributed by atoms with Gasteiger partial charge in [-0.2, -0.15) is 5.10 Å². The van der Waals surface area contributed by atoms with Gasteiger partial charge in [0.2, 0.25) is 0 Å². The standard InChI is InChI=1S/C15H12N4O6/c1-25-14-5-3-2-4-10(14)9-16-17-15(20)11-6-12(18(21)22)8-13(7-11)19(23)24/h2-9H,1H3,(H,17,20)/b16-9+. The monoisotopic (exact) mass is 344 g/mol. The van der Waals surface area contributed by atoms with Crippen molar-refractivity contribution in [2.45, 2.75) is 0 Å². The highest BCUT2D eigenvalue weighted by molar-refractivity contribution is 5.96. The van der Waals surface area contributed by atoms with Crippen LogP contribution in [-0.4, -0.2) is 29.1 Å². The molecule has 0 aliphatic heterocycles. The number of nitrogens with zero attached hydrogens (tertiary/aromatic N) is 3. The molecule has 2 rings (SSSR count). The fourth-order valence-corrected chi connectivity index (χ4v) is 1.94. The van der Waals surface area contributed by atoms with Crippen molar-refractivity contribution in [3.8, 4) is 5.75 Å². The number of non-ortho nitro benzene ring substituents is 2. The number of nitrogens with one attached hydrogen (secondary N) is 1. The van der Waals surface area contributed by atoms with Gasteiger partial charge in [-0.15, -0.1) is 0 Å². The first-order chi connectivity index (χ1) is 11.9. The smallest absolute Gasteiger partial charge is 0.277 e. The van der Waals surface area contributed by atoms with Crippen molar-refractivity contribution < 1.29 is 19.4 Å². The number of carbonyl (C=O) groups is 1. The van der Waals surface area contributed by atoms with Crippen LogP contribution in [-0.2, 0) is 0 Å². The maximum absolute atomic E-state index is 12.0. The van der Waals surface area contributed by atoms with Crippen LogP contribution in [0.2, 0.25) is 0 Å². The summed E-state index contributed by atoms with van der Waals surface area (Å²) in [5.74, 6) is -0.288. The predicted octanol–water partition coefficient (Wildman–Crippen LogP) is 2.28. The van der Waals surface area contributed by atoms with Gasteiger partial charge in [0.15, 0.2) is 0 Å². The Kier molecular flexibility index (Phi) is 5.36. The van der Waals surface area contributed by atoms with Crippen LogP contribution in [0.3, 0.4) is 0 Å². The number of benzene rings is 2. The average molecular weight is 344 g/mol. The maximum atomic E-state index is 12.0. The Morgan fingerprint density at radius 1 is 1.12 bits per heavy atom. The van der Waals surface area contributed by atoms with Crippen molar-refractivity contribution in [2.24, 2.45) is 5.10 Å². The highest BCUT2D eigenvalue weighted by atomic mass is 16.6. The minimum absolute atomic E-state index is 0.252. The summed E-state index contributed by atoms with van der Waals surface area (Å²) in [4.78, 5) is 32.1. The lowest BCUT2D eigenvalue weighted by atomic mass is 10.1. The van der Waals surface area contributed by atoms with Crippen LogP contribution in [0, 0.1) is 20.2 Å². The summed E-state index contributed by atoms with van der Waals surface area (Å²) in [5.41, 5.74) is 1.38. The van der Waals surface area contributed by atoms with Crippen LogP contribution in [0.25, 0.3) is 0 Å². The SMILES string of the molecule is COc1ccccc1/C=N/NC(=O)c1cc([N+](=O)[O-])cc([N+](=O)[O-])c1. The lowest BCUT2D eigenvalue weighted by Crippen LogP contribution is -2.18. The van der Waals surface area contributed by atoms with Gasteiger partial charge in [-0.25, -0.2) is 5.43 Å². The number of nitro benzene ring substituents is 2. The van der Waals surface area contributed by atoms with Gasteiger partial charge in [-0.3, -0.25) is 25.0 Å². The molecular formula is C15H12N4O6.